The molecule has 0 spiro atoms. The smallest absolute Gasteiger partial charge is 0.176 e. The van der Waals surface area contributed by atoms with Crippen LogP contribution in [0.1, 0.15) is 38.2 Å². The maximum absolute atomic E-state index is 12.6. The average molecular weight is 353 g/mol. The summed E-state index contributed by atoms with van der Waals surface area (Å²) in [5, 5.41) is 31.0. The van der Waals surface area contributed by atoms with Crippen LogP contribution >= 0.6 is 11.6 Å². The van der Waals surface area contributed by atoms with Crippen LogP contribution in [0, 0.1) is 33.5 Å². The van der Waals surface area contributed by atoms with Crippen molar-refractivity contribution in [2.24, 2.45) is 10.8 Å². The van der Waals surface area contributed by atoms with Gasteiger partial charge in [0.2, 0.25) is 0 Å². The van der Waals surface area contributed by atoms with Gasteiger partial charge in [-0.2, -0.15) is 10.5 Å². The lowest BCUT2D eigenvalue weighted by atomic mass is 9.58. The molecule has 0 saturated heterocycles. The number of carbonyl (C=O) groups excluding carboxylic acids is 1. The topological polar surface area (TPSA) is 84.9 Å². The summed E-state index contributed by atoms with van der Waals surface area (Å²) < 4.78 is 0. The number of rotatable bonds is 1. The van der Waals surface area contributed by atoms with Gasteiger partial charge in [-0.05, 0) is 28.7 Å². The van der Waals surface area contributed by atoms with Crippen molar-refractivity contribution in [2.45, 2.75) is 32.6 Å². The molecule has 1 aromatic rings. The molecule has 0 aliphatic heterocycles. The Morgan fingerprint density at radius 2 is 1.96 bits per heavy atom. The van der Waals surface area contributed by atoms with Gasteiger partial charge in [0, 0.05) is 23.8 Å². The van der Waals surface area contributed by atoms with Gasteiger partial charge < -0.3 is 5.11 Å². The summed E-state index contributed by atoms with van der Waals surface area (Å²) in [5.41, 5.74) is -0.864. The first-order valence-corrected chi connectivity index (χ1v) is 8.39. The molecule has 1 aromatic carbocycles. The number of aliphatic hydroxyl groups excluding tert-OH is 1. The maximum atomic E-state index is 12.6. The fourth-order valence-corrected chi connectivity index (χ4v) is 4.02. The van der Waals surface area contributed by atoms with Crippen LogP contribution in [0.2, 0.25) is 5.02 Å². The largest absolute Gasteiger partial charge is 0.512 e. The number of nitriles is 2. The van der Waals surface area contributed by atoms with E-state index in [2.05, 4.69) is 12.1 Å². The van der Waals surface area contributed by atoms with Crippen LogP contribution in [0.5, 0.6) is 0 Å². The summed E-state index contributed by atoms with van der Waals surface area (Å²) in [4.78, 5) is 12.6. The number of hydrogen-bond donors (Lipinski definition) is 1. The number of Topliss-reactive ketones (excluding diaryl/α,β-unsaturated/α-hetero) is 1. The van der Waals surface area contributed by atoms with Gasteiger partial charge in [-0.1, -0.05) is 43.7 Å². The van der Waals surface area contributed by atoms with Crippen molar-refractivity contribution in [1.29, 1.82) is 10.5 Å². The first-order valence-electron chi connectivity index (χ1n) is 8.01. The highest BCUT2D eigenvalue weighted by molar-refractivity contribution is 6.30. The third-order valence-corrected chi connectivity index (χ3v) is 5.17. The Labute approximate surface area is 151 Å². The summed E-state index contributed by atoms with van der Waals surface area (Å²) in [6, 6.07) is 11.2. The van der Waals surface area contributed by atoms with Crippen LogP contribution in [-0.2, 0) is 4.79 Å². The average Bonchev–Trinajstić information content (AvgIpc) is 2.53. The zero-order valence-corrected chi connectivity index (χ0v) is 14.8. The predicted molar refractivity (Wildman–Crippen MR) is 93.6 cm³/mol. The van der Waals surface area contributed by atoms with Crippen LogP contribution < -0.4 is 0 Å². The van der Waals surface area contributed by atoms with Crippen molar-refractivity contribution >= 4 is 17.4 Å². The van der Waals surface area contributed by atoms with E-state index in [1.807, 2.05) is 13.8 Å². The van der Waals surface area contributed by atoms with Gasteiger partial charge in [0.15, 0.2) is 11.2 Å². The van der Waals surface area contributed by atoms with E-state index in [0.29, 0.717) is 16.2 Å². The minimum atomic E-state index is -1.54. The summed E-state index contributed by atoms with van der Waals surface area (Å²) in [6.45, 7) is 3.77. The predicted octanol–water partition coefficient (Wildman–Crippen LogP) is 4.60. The van der Waals surface area contributed by atoms with Crippen LogP contribution in [-0.4, -0.2) is 10.9 Å². The van der Waals surface area contributed by atoms with E-state index in [1.54, 1.807) is 30.3 Å². The van der Waals surface area contributed by atoms with E-state index < -0.39 is 16.7 Å². The molecule has 0 bridgehead atoms. The number of allylic oxidation sites excluding steroid dienone is 4. The first-order chi connectivity index (χ1) is 11.7. The molecule has 25 heavy (non-hydrogen) atoms. The second-order valence-electron chi connectivity index (χ2n) is 7.31. The van der Waals surface area contributed by atoms with Gasteiger partial charge in [0.05, 0.1) is 17.7 Å². The molecule has 0 heterocycles. The number of carbonyl (C=O) groups is 1. The van der Waals surface area contributed by atoms with Crippen molar-refractivity contribution < 1.29 is 9.90 Å². The second kappa shape index (κ2) is 5.76. The third-order valence-electron chi connectivity index (χ3n) is 4.94. The molecule has 3 rings (SSSR count). The molecule has 0 unspecified atom stereocenters. The zero-order chi connectivity index (χ0) is 18.4. The van der Waals surface area contributed by atoms with Crippen molar-refractivity contribution in [1.82, 2.24) is 0 Å². The zero-order valence-electron chi connectivity index (χ0n) is 14.0. The van der Waals surface area contributed by atoms with Crippen LogP contribution in [0.4, 0.5) is 0 Å². The summed E-state index contributed by atoms with van der Waals surface area (Å²) in [6.07, 6.45) is 2.09. The van der Waals surface area contributed by atoms with Crippen LogP contribution in [0.3, 0.4) is 0 Å². The highest BCUT2D eigenvalue weighted by atomic mass is 35.5. The molecule has 2 aliphatic carbocycles. The van der Waals surface area contributed by atoms with Gasteiger partial charge >= 0.3 is 0 Å². The molecule has 0 amide bonds. The molecule has 4 nitrogen and oxygen atoms in total. The number of hydrogen-bond acceptors (Lipinski definition) is 4. The standard InChI is InChI=1S/C20H17ClN2O2/c1-19(2)8-15-18(17(25)9-19)16(24)7-14(20(15,10-22)11-23)12-4-3-5-13(21)6-12/h3-6,8,14,24H,7,9H2,1-2H3/t14-/m0/s1. The highest BCUT2D eigenvalue weighted by Crippen LogP contribution is 2.55. The second-order valence-corrected chi connectivity index (χ2v) is 7.75. The minimum Gasteiger partial charge on any atom is -0.512 e. The van der Waals surface area contributed by atoms with Crippen molar-refractivity contribution in [3.63, 3.8) is 0 Å². The molecule has 2 aliphatic rings. The number of benzene rings is 1. The molecule has 5 heteroatoms. The molecule has 0 fully saturated rings. The van der Waals surface area contributed by atoms with Gasteiger partial charge in [-0.15, -0.1) is 0 Å². The number of fused-ring (bicyclic) bond motifs is 1. The molecule has 0 saturated carbocycles. The number of halogens is 1. The van der Waals surface area contributed by atoms with Crippen LogP contribution in [0.15, 0.2) is 47.2 Å². The Kier molecular flexibility index (Phi) is 3.98. The lowest BCUT2D eigenvalue weighted by Gasteiger charge is -2.41. The van der Waals surface area contributed by atoms with Gasteiger partial charge in [-0.3, -0.25) is 4.79 Å². The van der Waals surface area contributed by atoms with Crippen molar-refractivity contribution in [3.05, 3.63) is 57.8 Å². The van der Waals surface area contributed by atoms with Crippen molar-refractivity contribution in [2.75, 3.05) is 0 Å². The van der Waals surface area contributed by atoms with E-state index >= 15 is 0 Å². The number of aliphatic hydroxyl groups is 1. The van der Waals surface area contributed by atoms with E-state index in [-0.39, 0.29) is 30.0 Å². The van der Waals surface area contributed by atoms with E-state index in [9.17, 15) is 20.4 Å². The lowest BCUT2D eigenvalue weighted by molar-refractivity contribution is -0.117. The Bertz CT molecular complexity index is 898. The monoisotopic (exact) mass is 352 g/mol. The SMILES string of the molecule is CC1(C)C=C2C(=C(O)C[C@@H](c3cccc(Cl)c3)C2(C#N)C#N)C(=O)C1. The summed E-state index contributed by atoms with van der Waals surface area (Å²) in [5.74, 6) is -0.879. The van der Waals surface area contributed by atoms with Gasteiger partial charge in [-0.25, -0.2) is 0 Å². The Hall–Kier alpha value is -2.56. The van der Waals surface area contributed by atoms with E-state index in [4.69, 9.17) is 11.6 Å². The molecular formula is C20H17ClN2O2. The number of nitrogens with zero attached hydrogens (tertiary/aromatic N) is 2. The third kappa shape index (κ3) is 2.64. The van der Waals surface area contributed by atoms with Gasteiger partial charge in [0.1, 0.15) is 5.76 Å². The number of ketones is 1. The highest BCUT2D eigenvalue weighted by Gasteiger charge is 2.53. The quantitative estimate of drug-likeness (QED) is 0.800. The van der Waals surface area contributed by atoms with E-state index in [1.165, 1.54) is 0 Å². The minimum absolute atomic E-state index is 0.0559. The van der Waals surface area contributed by atoms with E-state index in [0.717, 1.165) is 0 Å². The Morgan fingerprint density at radius 3 is 2.56 bits per heavy atom. The molecule has 0 aromatic heterocycles. The molecule has 1 atom stereocenters. The fourth-order valence-electron chi connectivity index (χ4n) is 3.82. The Morgan fingerprint density at radius 1 is 1.28 bits per heavy atom. The summed E-state index contributed by atoms with van der Waals surface area (Å²) >= 11 is 6.08. The normalized spacial score (nSPS) is 24.0. The molecule has 0 radical (unpaired) electrons. The maximum Gasteiger partial charge on any atom is 0.176 e. The fraction of sp³-hybridized carbons (Fsp3) is 0.350. The van der Waals surface area contributed by atoms with Gasteiger partial charge in [0.25, 0.3) is 0 Å². The molecule has 126 valence electrons. The first kappa shape index (κ1) is 17.3. The lowest BCUT2D eigenvalue weighted by Crippen LogP contribution is -2.39. The van der Waals surface area contributed by atoms with Crippen LogP contribution in [0.25, 0.3) is 0 Å². The molecular weight excluding hydrogens is 336 g/mol. The van der Waals surface area contributed by atoms with Crippen molar-refractivity contribution in [3.8, 4) is 12.1 Å². The Balaban J connectivity index is 2.31. The molecule has 1 N–H and O–H groups in total. The summed E-state index contributed by atoms with van der Waals surface area (Å²) in [7, 11) is 0.